The molecule has 1 aliphatic rings. The van der Waals surface area contributed by atoms with Crippen LogP contribution in [-0.2, 0) is 10.8 Å². The minimum absolute atomic E-state index is 0.0236. The number of thiophene rings is 1. The molecule has 0 unspecified atom stereocenters. The summed E-state index contributed by atoms with van der Waals surface area (Å²) in [6.45, 7) is 9.76. The highest BCUT2D eigenvalue weighted by Gasteiger charge is 2.46. The largest absolute Gasteiger partial charge is 0.309 e. The molecular formula is C40H31NS. The average Bonchev–Trinajstić information content (AvgIpc) is 3.54. The predicted octanol–water partition coefficient (Wildman–Crippen LogP) is 11.5. The fourth-order valence-electron chi connectivity index (χ4n) is 7.71. The highest BCUT2D eigenvalue weighted by molar-refractivity contribution is 7.25. The van der Waals surface area contributed by atoms with Crippen molar-refractivity contribution in [3.05, 3.63) is 126 Å². The molecule has 0 saturated heterocycles. The van der Waals surface area contributed by atoms with Gasteiger partial charge in [-0.1, -0.05) is 100 Å². The Morgan fingerprint density at radius 2 is 1.14 bits per heavy atom. The zero-order chi connectivity index (χ0) is 28.4. The maximum atomic E-state index is 2.51. The molecule has 2 heterocycles. The molecule has 0 saturated carbocycles. The zero-order valence-electron chi connectivity index (χ0n) is 24.3. The molecule has 42 heavy (non-hydrogen) atoms. The van der Waals surface area contributed by atoms with E-state index in [0.29, 0.717) is 0 Å². The molecule has 0 radical (unpaired) electrons. The fraction of sp³-hybridized carbons (Fsp3) is 0.150. The lowest BCUT2D eigenvalue weighted by atomic mass is 9.54. The molecule has 1 aliphatic carbocycles. The van der Waals surface area contributed by atoms with Gasteiger partial charge in [-0.2, -0.15) is 0 Å². The van der Waals surface area contributed by atoms with E-state index in [2.05, 4.69) is 148 Å². The maximum absolute atomic E-state index is 2.51. The summed E-state index contributed by atoms with van der Waals surface area (Å²) in [5, 5.41) is 7.98. The van der Waals surface area contributed by atoms with E-state index in [1.807, 2.05) is 11.3 Å². The lowest BCUT2D eigenvalue weighted by Crippen LogP contribution is -2.43. The standard InChI is InChI=1S/C40H31NS/c1-39(2)33-23-37-32(22-30(33)29-19-17-24-11-5-6-12-26(24)38(29)40(39,3)4)31-21-25(18-20-36(31)42-37)41-34-15-9-7-13-27(34)28-14-8-10-16-35(28)41/h5-23H,1-4H3. The van der Waals surface area contributed by atoms with Gasteiger partial charge in [-0.25, -0.2) is 0 Å². The number of benzene rings is 6. The van der Waals surface area contributed by atoms with Crippen molar-refractivity contribution in [3.8, 4) is 16.8 Å². The quantitative estimate of drug-likeness (QED) is 0.189. The van der Waals surface area contributed by atoms with Crippen molar-refractivity contribution >= 4 is 64.1 Å². The van der Waals surface area contributed by atoms with Gasteiger partial charge in [0.2, 0.25) is 0 Å². The summed E-state index contributed by atoms with van der Waals surface area (Å²) in [6.07, 6.45) is 0. The van der Waals surface area contributed by atoms with Gasteiger partial charge >= 0.3 is 0 Å². The van der Waals surface area contributed by atoms with Crippen LogP contribution in [0.3, 0.4) is 0 Å². The first kappa shape index (κ1) is 24.2. The highest BCUT2D eigenvalue weighted by atomic mass is 32.1. The third-order valence-corrected chi connectivity index (χ3v) is 11.6. The third kappa shape index (κ3) is 2.98. The number of para-hydroxylation sites is 2. The summed E-state index contributed by atoms with van der Waals surface area (Å²) in [5.41, 5.74) is 9.36. The molecule has 0 amide bonds. The Morgan fingerprint density at radius 3 is 1.88 bits per heavy atom. The topological polar surface area (TPSA) is 4.93 Å². The predicted molar refractivity (Wildman–Crippen MR) is 183 cm³/mol. The van der Waals surface area contributed by atoms with Crippen LogP contribution in [0.1, 0.15) is 38.8 Å². The first-order chi connectivity index (χ1) is 20.3. The molecule has 0 atom stereocenters. The van der Waals surface area contributed by atoms with Crippen LogP contribution in [0.5, 0.6) is 0 Å². The minimum atomic E-state index is -0.0298. The number of nitrogens with zero attached hydrogens (tertiary/aromatic N) is 1. The van der Waals surface area contributed by atoms with E-state index < -0.39 is 0 Å². The summed E-state index contributed by atoms with van der Waals surface area (Å²) in [4.78, 5) is 0. The van der Waals surface area contributed by atoms with Crippen molar-refractivity contribution in [2.75, 3.05) is 0 Å². The number of fused-ring (bicyclic) bond motifs is 11. The van der Waals surface area contributed by atoms with Crippen LogP contribution in [0.2, 0.25) is 0 Å². The van der Waals surface area contributed by atoms with Crippen molar-refractivity contribution in [2.24, 2.45) is 0 Å². The van der Waals surface area contributed by atoms with E-state index in [4.69, 9.17) is 0 Å². The van der Waals surface area contributed by atoms with Crippen molar-refractivity contribution in [1.82, 2.24) is 4.57 Å². The van der Waals surface area contributed by atoms with Crippen LogP contribution < -0.4 is 0 Å². The Kier molecular flexibility index (Phi) is 4.68. The van der Waals surface area contributed by atoms with Gasteiger partial charge in [0.15, 0.2) is 0 Å². The van der Waals surface area contributed by atoms with Gasteiger partial charge in [-0.15, -0.1) is 11.3 Å². The lowest BCUT2D eigenvalue weighted by molar-refractivity contribution is 0.301. The minimum Gasteiger partial charge on any atom is -0.309 e. The smallest absolute Gasteiger partial charge is 0.0541 e. The number of rotatable bonds is 1. The molecule has 0 bridgehead atoms. The molecule has 0 spiro atoms. The molecule has 0 fully saturated rings. The van der Waals surface area contributed by atoms with Crippen molar-refractivity contribution in [3.63, 3.8) is 0 Å². The highest BCUT2D eigenvalue weighted by Crippen LogP contribution is 2.57. The van der Waals surface area contributed by atoms with Gasteiger partial charge in [-0.3, -0.25) is 0 Å². The van der Waals surface area contributed by atoms with E-state index in [1.165, 1.54) is 80.7 Å². The van der Waals surface area contributed by atoms with Gasteiger partial charge in [0.1, 0.15) is 0 Å². The maximum Gasteiger partial charge on any atom is 0.0541 e. The second-order valence-electron chi connectivity index (χ2n) is 13.0. The molecule has 2 heteroatoms. The lowest BCUT2D eigenvalue weighted by Gasteiger charge is -2.49. The molecule has 9 rings (SSSR count). The molecule has 6 aromatic carbocycles. The Morgan fingerprint density at radius 1 is 0.500 bits per heavy atom. The van der Waals surface area contributed by atoms with Gasteiger partial charge in [-0.05, 0) is 80.9 Å². The number of aromatic nitrogens is 1. The second kappa shape index (κ2) is 8.12. The van der Waals surface area contributed by atoms with E-state index >= 15 is 0 Å². The molecule has 8 aromatic rings. The van der Waals surface area contributed by atoms with Gasteiger partial charge < -0.3 is 4.57 Å². The van der Waals surface area contributed by atoms with E-state index in [1.54, 1.807) is 0 Å². The van der Waals surface area contributed by atoms with Crippen LogP contribution >= 0.6 is 11.3 Å². The van der Waals surface area contributed by atoms with Crippen LogP contribution in [0.15, 0.2) is 115 Å². The van der Waals surface area contributed by atoms with E-state index in [9.17, 15) is 0 Å². The number of hydrogen-bond donors (Lipinski definition) is 0. The normalized spacial score (nSPS) is 15.5. The summed E-state index contributed by atoms with van der Waals surface area (Å²) < 4.78 is 5.14. The fourth-order valence-corrected chi connectivity index (χ4v) is 8.82. The van der Waals surface area contributed by atoms with Crippen LogP contribution in [0, 0.1) is 0 Å². The average molecular weight is 558 g/mol. The van der Waals surface area contributed by atoms with Gasteiger partial charge in [0, 0.05) is 42.0 Å². The summed E-state index contributed by atoms with van der Waals surface area (Å²) in [7, 11) is 0. The van der Waals surface area contributed by atoms with Crippen molar-refractivity contribution < 1.29 is 0 Å². The van der Waals surface area contributed by atoms with Crippen molar-refractivity contribution in [1.29, 1.82) is 0 Å². The molecule has 0 N–H and O–H groups in total. The second-order valence-corrected chi connectivity index (χ2v) is 14.1. The Hall–Kier alpha value is -4.40. The van der Waals surface area contributed by atoms with E-state index in [-0.39, 0.29) is 10.8 Å². The molecule has 1 nitrogen and oxygen atoms in total. The Bertz CT molecular complexity index is 2360. The van der Waals surface area contributed by atoms with Gasteiger partial charge in [0.05, 0.1) is 11.0 Å². The van der Waals surface area contributed by atoms with Crippen LogP contribution in [0.25, 0.3) is 69.6 Å². The zero-order valence-corrected chi connectivity index (χ0v) is 25.1. The molecule has 2 aromatic heterocycles. The molecule has 0 aliphatic heterocycles. The first-order valence-electron chi connectivity index (χ1n) is 14.9. The SMILES string of the molecule is CC1(C)c2cc3sc4ccc(-n5c6ccccc6c6ccccc65)cc4c3cc2-c2ccc3ccccc3c2C1(C)C. The first-order valence-corrected chi connectivity index (χ1v) is 15.7. The molecule has 202 valence electrons. The van der Waals surface area contributed by atoms with Crippen LogP contribution in [0.4, 0.5) is 0 Å². The van der Waals surface area contributed by atoms with Gasteiger partial charge in [0.25, 0.3) is 0 Å². The van der Waals surface area contributed by atoms with Crippen LogP contribution in [-0.4, -0.2) is 4.57 Å². The van der Waals surface area contributed by atoms with E-state index in [0.717, 1.165) is 0 Å². The summed E-state index contributed by atoms with van der Waals surface area (Å²) in [5.74, 6) is 0. The molecular weight excluding hydrogens is 527 g/mol. The Balaban J connectivity index is 1.35. The number of hydrogen-bond acceptors (Lipinski definition) is 1. The third-order valence-electron chi connectivity index (χ3n) is 10.5. The van der Waals surface area contributed by atoms with Crippen molar-refractivity contribution in [2.45, 2.75) is 38.5 Å². The summed E-state index contributed by atoms with van der Waals surface area (Å²) in [6, 6.07) is 43.2. The Labute approximate surface area is 249 Å². The monoisotopic (exact) mass is 557 g/mol. The summed E-state index contributed by atoms with van der Waals surface area (Å²) >= 11 is 1.92.